The number of ether oxygens (including phenoxy) is 2. The molecular formula is C13H20O2. The standard InChI is InChI=1S/C13H20O2/c1-13-7-8(13)5-6-10(15-13)9-3-2-4-11-12(9)14-11/h8-12H,2-7H2,1H3. The third-order valence-electron chi connectivity index (χ3n) is 5.12. The molecule has 0 aromatic rings. The predicted molar refractivity (Wildman–Crippen MR) is 56.6 cm³/mol. The van der Waals surface area contributed by atoms with E-state index in [0.717, 1.165) is 11.8 Å². The molecule has 2 aliphatic heterocycles. The summed E-state index contributed by atoms with van der Waals surface area (Å²) in [5.41, 5.74) is 0.269. The maximum Gasteiger partial charge on any atom is 0.0894 e. The molecule has 4 fully saturated rings. The zero-order valence-electron chi connectivity index (χ0n) is 9.45. The van der Waals surface area contributed by atoms with Crippen molar-refractivity contribution < 1.29 is 9.47 Å². The SMILES string of the molecule is CC12CC1CCC(C1CCCC3OC31)O2. The Morgan fingerprint density at radius 2 is 2.00 bits per heavy atom. The van der Waals surface area contributed by atoms with Crippen molar-refractivity contribution in [1.29, 1.82) is 0 Å². The Labute approximate surface area is 91.3 Å². The van der Waals surface area contributed by atoms with Crippen LogP contribution in [0.25, 0.3) is 0 Å². The van der Waals surface area contributed by atoms with Crippen molar-refractivity contribution in [3.63, 3.8) is 0 Å². The monoisotopic (exact) mass is 208 g/mol. The van der Waals surface area contributed by atoms with Crippen LogP contribution < -0.4 is 0 Å². The number of hydrogen-bond donors (Lipinski definition) is 0. The quantitative estimate of drug-likeness (QED) is 0.618. The van der Waals surface area contributed by atoms with Crippen LogP contribution in [0.1, 0.15) is 45.4 Å². The number of epoxide rings is 1. The van der Waals surface area contributed by atoms with Crippen molar-refractivity contribution in [2.45, 2.75) is 69.4 Å². The van der Waals surface area contributed by atoms with E-state index in [1.54, 1.807) is 0 Å². The van der Waals surface area contributed by atoms with E-state index in [-0.39, 0.29) is 5.60 Å². The third-order valence-corrected chi connectivity index (χ3v) is 5.12. The molecule has 4 aliphatic rings. The molecule has 15 heavy (non-hydrogen) atoms. The molecule has 2 aliphatic carbocycles. The fourth-order valence-corrected chi connectivity index (χ4v) is 3.94. The van der Waals surface area contributed by atoms with Gasteiger partial charge in [-0.3, -0.25) is 0 Å². The maximum atomic E-state index is 6.30. The highest BCUT2D eigenvalue weighted by molar-refractivity contribution is 5.07. The highest BCUT2D eigenvalue weighted by atomic mass is 16.6. The summed E-state index contributed by atoms with van der Waals surface area (Å²) >= 11 is 0. The normalized spacial score (nSPS) is 61.8. The van der Waals surface area contributed by atoms with Crippen LogP contribution >= 0.6 is 0 Å². The summed E-state index contributed by atoms with van der Waals surface area (Å²) in [6.45, 7) is 2.30. The van der Waals surface area contributed by atoms with Crippen molar-refractivity contribution in [1.82, 2.24) is 0 Å². The van der Waals surface area contributed by atoms with Crippen molar-refractivity contribution in [3.05, 3.63) is 0 Å². The largest absolute Gasteiger partial charge is 0.371 e. The van der Waals surface area contributed by atoms with Gasteiger partial charge in [0, 0.05) is 5.92 Å². The molecule has 0 radical (unpaired) electrons. The zero-order chi connectivity index (χ0) is 10.0. The van der Waals surface area contributed by atoms with Crippen molar-refractivity contribution in [2.75, 3.05) is 0 Å². The lowest BCUT2D eigenvalue weighted by molar-refractivity contribution is -0.0908. The molecule has 6 atom stereocenters. The van der Waals surface area contributed by atoms with Crippen LogP contribution in [-0.2, 0) is 9.47 Å². The molecule has 0 N–H and O–H groups in total. The Bertz CT molecular complexity index is 290. The van der Waals surface area contributed by atoms with Gasteiger partial charge in [-0.1, -0.05) is 6.42 Å². The molecular weight excluding hydrogens is 188 g/mol. The second kappa shape index (κ2) is 2.78. The van der Waals surface area contributed by atoms with Crippen LogP contribution in [0.3, 0.4) is 0 Å². The summed E-state index contributed by atoms with van der Waals surface area (Å²) in [7, 11) is 0. The summed E-state index contributed by atoms with van der Waals surface area (Å²) in [4.78, 5) is 0. The van der Waals surface area contributed by atoms with Gasteiger partial charge in [0.2, 0.25) is 0 Å². The average Bonchev–Trinajstić information content (AvgIpc) is 3.08. The topological polar surface area (TPSA) is 21.8 Å². The van der Waals surface area contributed by atoms with Gasteiger partial charge in [-0.15, -0.1) is 0 Å². The Balaban J connectivity index is 1.48. The van der Waals surface area contributed by atoms with Gasteiger partial charge >= 0.3 is 0 Å². The van der Waals surface area contributed by atoms with Crippen LogP contribution in [0, 0.1) is 11.8 Å². The van der Waals surface area contributed by atoms with Crippen LogP contribution in [0.2, 0.25) is 0 Å². The minimum absolute atomic E-state index is 0.269. The second-order valence-electron chi connectivity index (χ2n) is 6.18. The molecule has 2 nitrogen and oxygen atoms in total. The first-order chi connectivity index (χ1) is 7.26. The van der Waals surface area contributed by atoms with E-state index in [1.807, 2.05) is 0 Å². The summed E-state index contributed by atoms with van der Waals surface area (Å²) in [6, 6.07) is 0. The summed E-state index contributed by atoms with van der Waals surface area (Å²) in [6.07, 6.45) is 9.69. The third kappa shape index (κ3) is 1.31. The molecule has 0 aromatic heterocycles. The highest BCUT2D eigenvalue weighted by Gasteiger charge is 2.58. The molecule has 2 saturated carbocycles. The lowest BCUT2D eigenvalue weighted by atomic mass is 9.82. The van der Waals surface area contributed by atoms with Crippen LogP contribution in [0.5, 0.6) is 0 Å². The lowest BCUT2D eigenvalue weighted by Gasteiger charge is -2.34. The van der Waals surface area contributed by atoms with Crippen molar-refractivity contribution >= 4 is 0 Å². The van der Waals surface area contributed by atoms with E-state index in [1.165, 1.54) is 38.5 Å². The maximum absolute atomic E-state index is 6.30. The van der Waals surface area contributed by atoms with Crippen molar-refractivity contribution in [3.8, 4) is 0 Å². The fraction of sp³-hybridized carbons (Fsp3) is 1.00. The van der Waals surface area contributed by atoms with E-state index < -0.39 is 0 Å². The van der Waals surface area contributed by atoms with Gasteiger partial charge in [0.1, 0.15) is 0 Å². The Morgan fingerprint density at radius 3 is 2.87 bits per heavy atom. The van der Waals surface area contributed by atoms with Crippen LogP contribution in [0.15, 0.2) is 0 Å². The molecule has 84 valence electrons. The minimum atomic E-state index is 0.269. The van der Waals surface area contributed by atoms with E-state index in [9.17, 15) is 0 Å². The second-order valence-corrected chi connectivity index (χ2v) is 6.18. The molecule has 0 bridgehead atoms. The van der Waals surface area contributed by atoms with E-state index >= 15 is 0 Å². The smallest absolute Gasteiger partial charge is 0.0894 e. The van der Waals surface area contributed by atoms with E-state index in [0.29, 0.717) is 18.3 Å². The highest BCUT2D eigenvalue weighted by Crippen LogP contribution is 2.56. The number of rotatable bonds is 1. The minimum Gasteiger partial charge on any atom is -0.371 e. The molecule has 6 unspecified atom stereocenters. The number of fused-ring (bicyclic) bond motifs is 2. The molecule has 2 heteroatoms. The first-order valence-electron chi connectivity index (χ1n) is 6.59. The molecule has 0 amide bonds. The Hall–Kier alpha value is -0.0800. The fourth-order valence-electron chi connectivity index (χ4n) is 3.94. The Kier molecular flexibility index (Phi) is 1.67. The Morgan fingerprint density at radius 1 is 1.07 bits per heavy atom. The molecule has 0 spiro atoms. The van der Waals surface area contributed by atoms with Gasteiger partial charge in [0.25, 0.3) is 0 Å². The van der Waals surface area contributed by atoms with Gasteiger partial charge < -0.3 is 9.47 Å². The lowest BCUT2D eigenvalue weighted by Crippen LogP contribution is -2.37. The summed E-state index contributed by atoms with van der Waals surface area (Å²) < 4.78 is 12.0. The first-order valence-corrected chi connectivity index (χ1v) is 6.59. The van der Waals surface area contributed by atoms with Gasteiger partial charge in [-0.2, -0.15) is 0 Å². The molecule has 2 saturated heterocycles. The van der Waals surface area contributed by atoms with E-state index in [2.05, 4.69) is 6.92 Å². The average molecular weight is 208 g/mol. The van der Waals surface area contributed by atoms with Crippen LogP contribution in [-0.4, -0.2) is 23.9 Å². The summed E-state index contributed by atoms with van der Waals surface area (Å²) in [5.74, 6) is 1.61. The van der Waals surface area contributed by atoms with Gasteiger partial charge in [0.15, 0.2) is 0 Å². The van der Waals surface area contributed by atoms with Gasteiger partial charge in [0.05, 0.1) is 23.9 Å². The predicted octanol–water partition coefficient (Wildman–Crippen LogP) is 2.51. The van der Waals surface area contributed by atoms with Gasteiger partial charge in [-0.25, -0.2) is 0 Å². The van der Waals surface area contributed by atoms with Crippen molar-refractivity contribution in [2.24, 2.45) is 11.8 Å². The number of hydrogen-bond acceptors (Lipinski definition) is 2. The van der Waals surface area contributed by atoms with E-state index in [4.69, 9.17) is 9.47 Å². The van der Waals surface area contributed by atoms with Gasteiger partial charge in [-0.05, 0) is 44.9 Å². The summed E-state index contributed by atoms with van der Waals surface area (Å²) in [5, 5.41) is 0. The van der Waals surface area contributed by atoms with Crippen LogP contribution in [0.4, 0.5) is 0 Å². The molecule has 0 aromatic carbocycles. The first kappa shape index (κ1) is 9.00. The molecule has 2 heterocycles. The zero-order valence-corrected chi connectivity index (χ0v) is 9.45. The molecule has 4 rings (SSSR count).